The summed E-state index contributed by atoms with van der Waals surface area (Å²) < 4.78 is 8.40. The van der Waals surface area contributed by atoms with Gasteiger partial charge in [0.1, 0.15) is 11.0 Å². The van der Waals surface area contributed by atoms with E-state index in [0.717, 1.165) is 22.3 Å². The van der Waals surface area contributed by atoms with Crippen LogP contribution < -0.4 is 5.32 Å². The van der Waals surface area contributed by atoms with Gasteiger partial charge in [-0.3, -0.25) is 4.79 Å². The van der Waals surface area contributed by atoms with Crippen LogP contribution >= 0.6 is 11.7 Å². The first-order valence-electron chi connectivity index (χ1n) is 5.59. The van der Waals surface area contributed by atoms with Gasteiger partial charge in [0.15, 0.2) is 0 Å². The Hall–Kier alpha value is -1.49. The molecule has 0 bridgehead atoms. The largest absolute Gasteiger partial charge is 0.324 e. The van der Waals surface area contributed by atoms with Crippen LogP contribution in [-0.2, 0) is 4.79 Å². The molecule has 1 amide bonds. The lowest BCUT2D eigenvalue weighted by atomic mass is 10.1. The van der Waals surface area contributed by atoms with Crippen LogP contribution in [0.2, 0.25) is 0 Å². The van der Waals surface area contributed by atoms with E-state index in [0.29, 0.717) is 12.3 Å². The van der Waals surface area contributed by atoms with E-state index in [1.807, 2.05) is 32.9 Å². The molecule has 1 aromatic carbocycles. The molecule has 0 aliphatic carbocycles. The van der Waals surface area contributed by atoms with Gasteiger partial charge in [0.05, 0.1) is 17.4 Å². The predicted octanol–water partition coefficient (Wildman–Crippen LogP) is 2.98. The summed E-state index contributed by atoms with van der Waals surface area (Å²) in [7, 11) is 0. The zero-order valence-electron chi connectivity index (χ0n) is 10.2. The lowest BCUT2D eigenvalue weighted by molar-refractivity contribution is -0.116. The van der Waals surface area contributed by atoms with Crippen molar-refractivity contribution in [1.29, 1.82) is 0 Å². The number of hydrogen-bond donors (Lipinski definition) is 1. The van der Waals surface area contributed by atoms with Crippen LogP contribution in [0.1, 0.15) is 25.8 Å². The summed E-state index contributed by atoms with van der Waals surface area (Å²) in [6, 6.07) is 3.88. The number of anilines is 1. The fourth-order valence-electron chi connectivity index (χ4n) is 1.67. The molecule has 0 unspecified atom stereocenters. The van der Waals surface area contributed by atoms with Gasteiger partial charge in [-0.15, -0.1) is 0 Å². The van der Waals surface area contributed by atoms with Gasteiger partial charge in [0.2, 0.25) is 5.91 Å². The van der Waals surface area contributed by atoms with E-state index in [9.17, 15) is 4.79 Å². The Morgan fingerprint density at radius 1 is 1.41 bits per heavy atom. The van der Waals surface area contributed by atoms with Gasteiger partial charge in [0, 0.05) is 6.42 Å². The number of amides is 1. The molecule has 0 aliphatic heterocycles. The number of nitrogens with zero attached hydrogens (tertiary/aromatic N) is 2. The van der Waals surface area contributed by atoms with Crippen molar-refractivity contribution in [3.05, 3.63) is 17.7 Å². The molecule has 0 atom stereocenters. The Morgan fingerprint density at radius 2 is 2.18 bits per heavy atom. The molecule has 0 aliphatic rings. The second kappa shape index (κ2) is 4.79. The van der Waals surface area contributed by atoms with Crippen LogP contribution in [0.25, 0.3) is 11.0 Å². The Bertz CT molecular complexity index is 548. The summed E-state index contributed by atoms with van der Waals surface area (Å²) in [5, 5.41) is 2.94. The van der Waals surface area contributed by atoms with Crippen molar-refractivity contribution < 1.29 is 4.79 Å². The predicted molar refractivity (Wildman–Crippen MR) is 70.2 cm³/mol. The molecular formula is C12H15N3OS. The molecule has 1 heterocycles. The lowest BCUT2D eigenvalue weighted by Crippen LogP contribution is -2.14. The number of aromatic nitrogens is 2. The number of aryl methyl sites for hydroxylation is 1. The third-order valence-corrected chi connectivity index (χ3v) is 3.04. The van der Waals surface area contributed by atoms with Crippen LogP contribution in [0.4, 0.5) is 5.69 Å². The summed E-state index contributed by atoms with van der Waals surface area (Å²) in [6.45, 7) is 6.01. The molecule has 0 fully saturated rings. The number of carbonyl (C=O) groups is 1. The van der Waals surface area contributed by atoms with Crippen molar-refractivity contribution in [1.82, 2.24) is 8.75 Å². The monoisotopic (exact) mass is 249 g/mol. The van der Waals surface area contributed by atoms with E-state index in [-0.39, 0.29) is 5.91 Å². The van der Waals surface area contributed by atoms with Gasteiger partial charge in [0.25, 0.3) is 0 Å². The maximum Gasteiger partial charge on any atom is 0.224 e. The maximum absolute atomic E-state index is 11.8. The van der Waals surface area contributed by atoms with Gasteiger partial charge in [-0.25, -0.2) is 0 Å². The molecule has 0 saturated heterocycles. The molecule has 0 radical (unpaired) electrons. The molecule has 5 heteroatoms. The van der Waals surface area contributed by atoms with Gasteiger partial charge in [-0.05, 0) is 24.5 Å². The van der Waals surface area contributed by atoms with Gasteiger partial charge < -0.3 is 5.32 Å². The number of rotatable bonds is 3. The minimum absolute atomic E-state index is 0.0311. The molecule has 2 rings (SSSR count). The molecule has 1 N–H and O–H groups in total. The zero-order valence-corrected chi connectivity index (χ0v) is 11.0. The number of hydrogen-bond acceptors (Lipinski definition) is 4. The van der Waals surface area contributed by atoms with E-state index >= 15 is 0 Å². The first-order valence-corrected chi connectivity index (χ1v) is 6.32. The van der Waals surface area contributed by atoms with E-state index in [1.54, 1.807) is 0 Å². The van der Waals surface area contributed by atoms with Gasteiger partial charge in [-0.1, -0.05) is 19.9 Å². The second-order valence-electron chi connectivity index (χ2n) is 4.54. The van der Waals surface area contributed by atoms with E-state index in [1.165, 1.54) is 11.7 Å². The molecule has 90 valence electrons. The molecular weight excluding hydrogens is 234 g/mol. The fourth-order valence-corrected chi connectivity index (χ4v) is 2.21. The number of benzene rings is 1. The Labute approximate surface area is 104 Å². The first kappa shape index (κ1) is 12.0. The van der Waals surface area contributed by atoms with Gasteiger partial charge in [-0.2, -0.15) is 8.75 Å². The van der Waals surface area contributed by atoms with Crippen molar-refractivity contribution >= 4 is 34.4 Å². The van der Waals surface area contributed by atoms with Crippen molar-refractivity contribution in [3.8, 4) is 0 Å². The van der Waals surface area contributed by atoms with Crippen molar-refractivity contribution in [3.63, 3.8) is 0 Å². The van der Waals surface area contributed by atoms with Crippen LogP contribution in [0, 0.1) is 12.8 Å². The first-order chi connectivity index (χ1) is 8.08. The molecule has 1 aromatic heterocycles. The molecule has 0 saturated carbocycles. The number of fused-ring (bicyclic) bond motifs is 1. The zero-order chi connectivity index (χ0) is 12.4. The maximum atomic E-state index is 11.8. The lowest BCUT2D eigenvalue weighted by Gasteiger charge is -2.09. The average Bonchev–Trinajstić information content (AvgIpc) is 2.69. The molecule has 17 heavy (non-hydrogen) atoms. The van der Waals surface area contributed by atoms with Crippen LogP contribution in [-0.4, -0.2) is 14.7 Å². The van der Waals surface area contributed by atoms with Crippen molar-refractivity contribution in [2.75, 3.05) is 5.32 Å². The number of nitrogens with one attached hydrogen (secondary N) is 1. The van der Waals surface area contributed by atoms with Crippen LogP contribution in [0.15, 0.2) is 12.1 Å². The quantitative estimate of drug-likeness (QED) is 0.909. The molecule has 4 nitrogen and oxygen atoms in total. The highest BCUT2D eigenvalue weighted by Gasteiger charge is 2.12. The minimum atomic E-state index is 0.0311. The van der Waals surface area contributed by atoms with Crippen molar-refractivity contribution in [2.24, 2.45) is 5.92 Å². The van der Waals surface area contributed by atoms with Crippen LogP contribution in [0.5, 0.6) is 0 Å². The second-order valence-corrected chi connectivity index (χ2v) is 5.06. The SMILES string of the molecule is Cc1ccc2nsnc2c1NC(=O)CC(C)C. The molecule has 0 spiro atoms. The topological polar surface area (TPSA) is 54.9 Å². The van der Waals surface area contributed by atoms with Gasteiger partial charge >= 0.3 is 0 Å². The van der Waals surface area contributed by atoms with E-state index in [4.69, 9.17) is 0 Å². The summed E-state index contributed by atoms with van der Waals surface area (Å²) in [5.74, 6) is 0.381. The van der Waals surface area contributed by atoms with Crippen LogP contribution in [0.3, 0.4) is 0 Å². The third kappa shape index (κ3) is 2.61. The Morgan fingerprint density at radius 3 is 2.88 bits per heavy atom. The number of carbonyl (C=O) groups excluding carboxylic acids is 1. The molecule has 2 aromatic rings. The normalized spacial score (nSPS) is 11.1. The summed E-state index contributed by atoms with van der Waals surface area (Å²) in [6.07, 6.45) is 0.521. The summed E-state index contributed by atoms with van der Waals surface area (Å²) >= 11 is 1.17. The third-order valence-electron chi connectivity index (χ3n) is 2.49. The Kier molecular flexibility index (Phi) is 3.38. The minimum Gasteiger partial charge on any atom is -0.324 e. The fraction of sp³-hybridized carbons (Fsp3) is 0.417. The highest BCUT2D eigenvalue weighted by atomic mass is 32.1. The average molecular weight is 249 g/mol. The standard InChI is InChI=1S/C12H15N3OS/c1-7(2)6-10(16)13-11-8(3)4-5-9-12(11)15-17-14-9/h4-5,7H,6H2,1-3H3,(H,13,16). The highest BCUT2D eigenvalue weighted by molar-refractivity contribution is 7.00. The summed E-state index contributed by atoms with van der Waals surface area (Å²) in [4.78, 5) is 11.8. The van der Waals surface area contributed by atoms with E-state index in [2.05, 4.69) is 14.1 Å². The Balaban J connectivity index is 2.31. The smallest absolute Gasteiger partial charge is 0.224 e. The van der Waals surface area contributed by atoms with Crippen molar-refractivity contribution in [2.45, 2.75) is 27.2 Å². The highest BCUT2D eigenvalue weighted by Crippen LogP contribution is 2.25. The summed E-state index contributed by atoms with van der Waals surface area (Å²) in [5.41, 5.74) is 3.43. The van der Waals surface area contributed by atoms with E-state index < -0.39 is 0 Å².